The van der Waals surface area contributed by atoms with Crippen LogP contribution in [0.3, 0.4) is 0 Å². The maximum Gasteiger partial charge on any atom is 0.0306 e. The molecule has 1 aliphatic carbocycles. The Balaban J connectivity index is 1.96. The molecule has 0 amide bonds. The first-order valence-electron chi connectivity index (χ1n) is 9.74. The van der Waals surface area contributed by atoms with E-state index in [9.17, 15) is 0 Å². The number of hydrogen-bond donors (Lipinski definition) is 0. The van der Waals surface area contributed by atoms with Gasteiger partial charge >= 0.3 is 0 Å². The normalized spacial score (nSPS) is 15.8. The minimum atomic E-state index is -0.0262. The fourth-order valence-corrected chi connectivity index (χ4v) is 4.58. The summed E-state index contributed by atoms with van der Waals surface area (Å²) < 4.78 is 0. The highest BCUT2D eigenvalue weighted by atomic mass is 14.4. The second kappa shape index (κ2) is 7.33. The summed E-state index contributed by atoms with van der Waals surface area (Å²) in [7, 11) is 0. The molecule has 130 valence electrons. The number of fused-ring (bicyclic) bond motifs is 1. The van der Waals surface area contributed by atoms with Crippen LogP contribution in [0, 0.1) is 0 Å². The molecule has 0 aliphatic heterocycles. The minimum absolute atomic E-state index is 0.0262. The summed E-state index contributed by atoms with van der Waals surface area (Å²) in [5.41, 5.74) is 5.64. The zero-order chi connectivity index (χ0) is 17.8. The number of allylic oxidation sites excluding steroid dienone is 1. The third kappa shape index (κ3) is 2.80. The topological polar surface area (TPSA) is 0 Å². The lowest BCUT2D eigenvalue weighted by molar-refractivity contribution is 0.414. The van der Waals surface area contributed by atoms with Crippen molar-refractivity contribution in [1.29, 1.82) is 0 Å². The molecule has 0 nitrogen and oxygen atoms in total. The van der Waals surface area contributed by atoms with E-state index in [1.165, 1.54) is 35.1 Å². The predicted octanol–water partition coefficient (Wildman–Crippen LogP) is 6.97. The van der Waals surface area contributed by atoms with E-state index in [1.54, 1.807) is 0 Å². The van der Waals surface area contributed by atoms with Crippen molar-refractivity contribution in [2.24, 2.45) is 0 Å². The molecule has 1 unspecified atom stereocenters. The van der Waals surface area contributed by atoms with Gasteiger partial charge in [-0.1, -0.05) is 117 Å². The van der Waals surface area contributed by atoms with Gasteiger partial charge in [0.15, 0.2) is 0 Å². The quantitative estimate of drug-likeness (QED) is 0.455. The van der Waals surface area contributed by atoms with Crippen molar-refractivity contribution >= 4 is 6.08 Å². The molecule has 4 rings (SSSR count). The molecule has 0 bridgehead atoms. The number of rotatable bonds is 6. The van der Waals surface area contributed by atoms with Crippen LogP contribution >= 0.6 is 0 Å². The van der Waals surface area contributed by atoms with E-state index in [-0.39, 0.29) is 5.41 Å². The fraction of sp³-hybridized carbons (Fsp3) is 0.231. The average molecular weight is 338 g/mol. The van der Waals surface area contributed by atoms with Gasteiger partial charge in [-0.3, -0.25) is 0 Å². The van der Waals surface area contributed by atoms with Crippen LogP contribution in [0.5, 0.6) is 0 Å². The molecule has 26 heavy (non-hydrogen) atoms. The fourth-order valence-electron chi connectivity index (χ4n) is 4.58. The summed E-state index contributed by atoms with van der Waals surface area (Å²) >= 11 is 0. The molecule has 0 heteroatoms. The molecule has 0 radical (unpaired) electrons. The maximum absolute atomic E-state index is 2.43. The first-order chi connectivity index (χ1) is 12.9. The average Bonchev–Trinajstić information content (AvgIpc) is 3.15. The van der Waals surface area contributed by atoms with E-state index >= 15 is 0 Å². The molecule has 1 atom stereocenters. The lowest BCUT2D eigenvalue weighted by Gasteiger charge is -2.41. The predicted molar refractivity (Wildman–Crippen MR) is 111 cm³/mol. The van der Waals surface area contributed by atoms with Crippen LogP contribution in [0.1, 0.15) is 54.4 Å². The Morgan fingerprint density at radius 2 is 1.31 bits per heavy atom. The van der Waals surface area contributed by atoms with Crippen LogP contribution in [-0.2, 0) is 5.41 Å². The lowest BCUT2D eigenvalue weighted by Crippen LogP contribution is -2.34. The maximum atomic E-state index is 2.43. The summed E-state index contributed by atoms with van der Waals surface area (Å²) in [5, 5.41) is 0. The van der Waals surface area contributed by atoms with Gasteiger partial charge < -0.3 is 0 Å². The van der Waals surface area contributed by atoms with Gasteiger partial charge in [0.2, 0.25) is 0 Å². The van der Waals surface area contributed by atoms with Gasteiger partial charge in [0, 0.05) is 11.3 Å². The molecule has 3 aromatic rings. The van der Waals surface area contributed by atoms with Crippen molar-refractivity contribution in [2.45, 2.75) is 37.5 Å². The molecule has 0 aromatic heterocycles. The third-order valence-electron chi connectivity index (χ3n) is 5.83. The van der Waals surface area contributed by atoms with E-state index in [1.807, 2.05) is 0 Å². The van der Waals surface area contributed by atoms with Crippen LogP contribution in [0.2, 0.25) is 0 Å². The Morgan fingerprint density at radius 3 is 1.92 bits per heavy atom. The van der Waals surface area contributed by atoms with E-state index in [4.69, 9.17) is 0 Å². The van der Waals surface area contributed by atoms with Gasteiger partial charge in [0.05, 0.1) is 0 Å². The van der Waals surface area contributed by atoms with Crippen molar-refractivity contribution in [2.75, 3.05) is 0 Å². The van der Waals surface area contributed by atoms with Crippen molar-refractivity contribution in [3.8, 4) is 0 Å². The van der Waals surface area contributed by atoms with Crippen LogP contribution in [0.25, 0.3) is 6.08 Å². The van der Waals surface area contributed by atoms with Crippen LogP contribution in [-0.4, -0.2) is 0 Å². The standard InChI is InChI=1S/C26H26/c1-2-3-20-26(22-13-6-4-7-14-22,23-15-8-5-9-16-23)25-19-18-21-12-10-11-17-24(21)25/h4-19,25H,2-3,20H2,1H3. The Morgan fingerprint density at radius 1 is 0.731 bits per heavy atom. The first kappa shape index (κ1) is 16.8. The zero-order valence-electron chi connectivity index (χ0n) is 15.4. The Bertz CT molecular complexity index is 835. The largest absolute Gasteiger partial charge is 0.0752 e. The first-order valence-corrected chi connectivity index (χ1v) is 9.74. The van der Waals surface area contributed by atoms with Crippen LogP contribution in [0.4, 0.5) is 0 Å². The van der Waals surface area contributed by atoms with Gasteiger partial charge in [0.1, 0.15) is 0 Å². The van der Waals surface area contributed by atoms with Gasteiger partial charge in [-0.2, -0.15) is 0 Å². The second-order valence-electron chi connectivity index (χ2n) is 7.27. The summed E-state index contributed by atoms with van der Waals surface area (Å²) in [5.74, 6) is 0.370. The van der Waals surface area contributed by atoms with E-state index in [2.05, 4.69) is 104 Å². The van der Waals surface area contributed by atoms with E-state index < -0.39 is 0 Å². The smallest absolute Gasteiger partial charge is 0.0306 e. The highest BCUT2D eigenvalue weighted by Gasteiger charge is 2.42. The monoisotopic (exact) mass is 338 g/mol. The van der Waals surface area contributed by atoms with Gasteiger partial charge in [-0.05, 0) is 28.7 Å². The molecular weight excluding hydrogens is 312 g/mol. The summed E-state index contributed by atoms with van der Waals surface area (Å²) in [6.45, 7) is 2.29. The number of benzene rings is 3. The molecule has 0 saturated heterocycles. The van der Waals surface area contributed by atoms with Crippen molar-refractivity contribution in [3.05, 3.63) is 113 Å². The Hall–Kier alpha value is -2.60. The van der Waals surface area contributed by atoms with E-state index in [0.717, 1.165) is 6.42 Å². The minimum Gasteiger partial charge on any atom is -0.0752 e. The molecule has 0 spiro atoms. The van der Waals surface area contributed by atoms with Crippen LogP contribution < -0.4 is 0 Å². The number of hydrogen-bond acceptors (Lipinski definition) is 0. The molecule has 0 fully saturated rings. The second-order valence-corrected chi connectivity index (χ2v) is 7.27. The Kier molecular flexibility index (Phi) is 4.75. The molecule has 0 heterocycles. The van der Waals surface area contributed by atoms with Gasteiger partial charge in [-0.15, -0.1) is 0 Å². The molecule has 0 saturated carbocycles. The van der Waals surface area contributed by atoms with Gasteiger partial charge in [-0.25, -0.2) is 0 Å². The molecule has 1 aliphatic rings. The van der Waals surface area contributed by atoms with Crippen molar-refractivity contribution in [1.82, 2.24) is 0 Å². The van der Waals surface area contributed by atoms with E-state index in [0.29, 0.717) is 5.92 Å². The highest BCUT2D eigenvalue weighted by Crippen LogP contribution is 2.51. The SMILES string of the molecule is CCCCC(c1ccccc1)(c1ccccc1)C1C=Cc2ccccc21. The van der Waals surface area contributed by atoms with Crippen molar-refractivity contribution < 1.29 is 0 Å². The highest BCUT2D eigenvalue weighted by molar-refractivity contribution is 5.65. The molecule has 0 N–H and O–H groups in total. The zero-order valence-corrected chi connectivity index (χ0v) is 15.4. The van der Waals surface area contributed by atoms with Gasteiger partial charge in [0.25, 0.3) is 0 Å². The molecular formula is C26H26. The van der Waals surface area contributed by atoms with Crippen molar-refractivity contribution in [3.63, 3.8) is 0 Å². The third-order valence-corrected chi connectivity index (χ3v) is 5.83. The summed E-state index contributed by atoms with van der Waals surface area (Å²) in [6, 6.07) is 31.1. The summed E-state index contributed by atoms with van der Waals surface area (Å²) in [4.78, 5) is 0. The summed E-state index contributed by atoms with van der Waals surface area (Å²) in [6.07, 6.45) is 8.32. The Labute approximate surface area is 157 Å². The lowest BCUT2D eigenvalue weighted by atomic mass is 9.62. The number of unbranched alkanes of at least 4 members (excludes halogenated alkanes) is 1. The van der Waals surface area contributed by atoms with Crippen LogP contribution in [0.15, 0.2) is 91.0 Å². The molecule has 3 aromatic carbocycles.